The van der Waals surface area contributed by atoms with Gasteiger partial charge in [0.05, 0.1) is 17.2 Å². The number of hydrogen-bond donors (Lipinski definition) is 2. The fraction of sp³-hybridized carbons (Fsp3) is 0.500. The Morgan fingerprint density at radius 3 is 2.66 bits per heavy atom. The highest BCUT2D eigenvalue weighted by atomic mass is 16.2. The van der Waals surface area contributed by atoms with E-state index >= 15 is 0 Å². The molecule has 1 fully saturated rings. The van der Waals surface area contributed by atoms with Gasteiger partial charge >= 0.3 is 0 Å². The van der Waals surface area contributed by atoms with Crippen molar-refractivity contribution in [2.45, 2.75) is 64.5 Å². The number of benzene rings is 1. The Morgan fingerprint density at radius 2 is 1.93 bits per heavy atom. The Kier molecular flexibility index (Phi) is 6.90. The summed E-state index contributed by atoms with van der Waals surface area (Å²) in [6.07, 6.45) is 6.20. The number of carbonyl (C=O) groups excluding carboxylic acids is 3. The third kappa shape index (κ3) is 5.16. The normalized spacial score (nSPS) is 19.7. The van der Waals surface area contributed by atoms with Crippen LogP contribution in [0.2, 0.25) is 0 Å². The average Bonchev–Trinajstić information content (AvgIpc) is 3.18. The van der Waals surface area contributed by atoms with Gasteiger partial charge in [-0.1, -0.05) is 38.3 Å². The summed E-state index contributed by atoms with van der Waals surface area (Å²) in [6, 6.07) is 6.50. The number of amides is 2. The molecule has 2 amide bonds. The van der Waals surface area contributed by atoms with E-state index in [1.54, 1.807) is 13.0 Å². The van der Waals surface area contributed by atoms with E-state index in [9.17, 15) is 14.4 Å². The lowest BCUT2D eigenvalue weighted by molar-refractivity contribution is -0.125. The number of fused-ring (bicyclic) bond motifs is 1. The minimum atomic E-state index is -0.663. The second-order valence-electron chi connectivity index (χ2n) is 7.68. The number of carbonyl (C=O) groups is 3. The topological polar surface area (TPSA) is 101 Å². The number of aromatic nitrogens is 2. The SMILES string of the molecule is CCCC[C@H](NC(=O)c1cnc2ccccc2n1)C(=O)N[C@H]1CCC[C@H]1C(C)=O. The molecule has 0 saturated heterocycles. The zero-order valence-corrected chi connectivity index (χ0v) is 17.0. The monoisotopic (exact) mass is 396 g/mol. The van der Waals surface area contributed by atoms with Crippen molar-refractivity contribution in [1.82, 2.24) is 20.6 Å². The zero-order valence-electron chi connectivity index (χ0n) is 17.0. The van der Waals surface area contributed by atoms with E-state index in [0.717, 1.165) is 32.1 Å². The molecular weight excluding hydrogens is 368 g/mol. The van der Waals surface area contributed by atoms with Crippen molar-refractivity contribution in [3.63, 3.8) is 0 Å². The first-order valence-electron chi connectivity index (χ1n) is 10.3. The van der Waals surface area contributed by atoms with Crippen LogP contribution in [0.5, 0.6) is 0 Å². The molecule has 29 heavy (non-hydrogen) atoms. The Balaban J connectivity index is 1.70. The minimum Gasteiger partial charge on any atom is -0.351 e. The largest absolute Gasteiger partial charge is 0.351 e. The Labute approximate surface area is 170 Å². The Hall–Kier alpha value is -2.83. The molecule has 1 heterocycles. The standard InChI is InChI=1S/C22H28N4O3/c1-3-4-9-19(21(28)25-16-12-7-8-15(16)14(2)27)26-22(29)20-13-23-17-10-5-6-11-18(17)24-20/h5-6,10-11,13,15-16,19H,3-4,7-9,12H2,1-2H3,(H,25,28)(H,26,29)/t15-,16-,19-/m0/s1. The van der Waals surface area contributed by atoms with Crippen LogP contribution < -0.4 is 10.6 Å². The van der Waals surface area contributed by atoms with Gasteiger partial charge in [0.15, 0.2) is 0 Å². The van der Waals surface area contributed by atoms with E-state index in [0.29, 0.717) is 17.5 Å². The van der Waals surface area contributed by atoms with Gasteiger partial charge in [-0.05, 0) is 38.3 Å². The molecule has 1 aromatic heterocycles. The van der Waals surface area contributed by atoms with Crippen molar-refractivity contribution in [3.05, 3.63) is 36.2 Å². The molecule has 0 bridgehead atoms. The number of nitrogens with zero attached hydrogens (tertiary/aromatic N) is 2. The van der Waals surface area contributed by atoms with Crippen LogP contribution in [0.3, 0.4) is 0 Å². The molecule has 154 valence electrons. The van der Waals surface area contributed by atoms with E-state index in [-0.39, 0.29) is 29.3 Å². The number of Topliss-reactive ketones (excluding diaryl/α,β-unsaturated/α-hetero) is 1. The molecule has 0 radical (unpaired) electrons. The minimum absolute atomic E-state index is 0.105. The second-order valence-corrected chi connectivity index (χ2v) is 7.68. The van der Waals surface area contributed by atoms with Gasteiger partial charge in [-0.3, -0.25) is 19.4 Å². The molecule has 0 spiro atoms. The number of nitrogens with one attached hydrogen (secondary N) is 2. The smallest absolute Gasteiger partial charge is 0.272 e. The first kappa shape index (κ1) is 20.9. The summed E-state index contributed by atoms with van der Waals surface area (Å²) in [5, 5.41) is 5.81. The fourth-order valence-electron chi connectivity index (χ4n) is 3.88. The fourth-order valence-corrected chi connectivity index (χ4v) is 3.88. The van der Waals surface area contributed by atoms with Crippen LogP contribution in [0.15, 0.2) is 30.5 Å². The van der Waals surface area contributed by atoms with Crippen LogP contribution >= 0.6 is 0 Å². The number of para-hydroxylation sites is 2. The van der Waals surface area contributed by atoms with E-state index in [2.05, 4.69) is 20.6 Å². The highest BCUT2D eigenvalue weighted by molar-refractivity contribution is 5.97. The summed E-state index contributed by atoms with van der Waals surface area (Å²) in [5.41, 5.74) is 1.52. The number of unbranched alkanes of at least 4 members (excludes halogenated alkanes) is 1. The highest BCUT2D eigenvalue weighted by Gasteiger charge is 2.33. The predicted octanol–water partition coefficient (Wildman–Crippen LogP) is 2.79. The van der Waals surface area contributed by atoms with Crippen LogP contribution in [0.4, 0.5) is 0 Å². The van der Waals surface area contributed by atoms with Crippen molar-refractivity contribution < 1.29 is 14.4 Å². The molecule has 1 aliphatic carbocycles. The maximum atomic E-state index is 12.9. The summed E-state index contributed by atoms with van der Waals surface area (Å²) in [6.45, 7) is 3.61. The van der Waals surface area contributed by atoms with Gasteiger partial charge in [0.2, 0.25) is 5.91 Å². The van der Waals surface area contributed by atoms with Gasteiger partial charge in [-0.2, -0.15) is 0 Å². The van der Waals surface area contributed by atoms with Gasteiger partial charge in [0, 0.05) is 12.0 Å². The quantitative estimate of drug-likeness (QED) is 0.714. The first-order chi connectivity index (χ1) is 14.0. The molecular formula is C22H28N4O3. The number of rotatable bonds is 8. The third-order valence-corrected chi connectivity index (χ3v) is 5.52. The van der Waals surface area contributed by atoms with E-state index in [4.69, 9.17) is 0 Å². The van der Waals surface area contributed by atoms with Crippen LogP contribution in [0.1, 0.15) is 62.9 Å². The number of hydrogen-bond acceptors (Lipinski definition) is 5. The molecule has 2 N–H and O–H groups in total. The third-order valence-electron chi connectivity index (χ3n) is 5.52. The Bertz CT molecular complexity index is 899. The molecule has 3 rings (SSSR count). The second kappa shape index (κ2) is 9.58. The van der Waals surface area contributed by atoms with Crippen molar-refractivity contribution >= 4 is 28.6 Å². The molecule has 0 unspecified atom stereocenters. The average molecular weight is 396 g/mol. The van der Waals surface area contributed by atoms with Crippen LogP contribution in [0.25, 0.3) is 11.0 Å². The molecule has 0 aliphatic heterocycles. The van der Waals surface area contributed by atoms with Gasteiger partial charge in [-0.15, -0.1) is 0 Å². The molecule has 1 aromatic carbocycles. The lowest BCUT2D eigenvalue weighted by atomic mass is 9.98. The van der Waals surface area contributed by atoms with Gasteiger partial charge in [0.1, 0.15) is 17.5 Å². The van der Waals surface area contributed by atoms with Gasteiger partial charge in [-0.25, -0.2) is 4.98 Å². The Morgan fingerprint density at radius 1 is 1.17 bits per heavy atom. The summed E-state index contributed by atoms with van der Waals surface area (Å²) < 4.78 is 0. The molecule has 3 atom stereocenters. The van der Waals surface area contributed by atoms with Crippen molar-refractivity contribution in [2.75, 3.05) is 0 Å². The summed E-state index contributed by atoms with van der Waals surface area (Å²) in [7, 11) is 0. The summed E-state index contributed by atoms with van der Waals surface area (Å²) in [4.78, 5) is 46.0. The van der Waals surface area contributed by atoms with Crippen LogP contribution in [-0.4, -0.2) is 39.6 Å². The summed E-state index contributed by atoms with van der Waals surface area (Å²) >= 11 is 0. The molecule has 7 nitrogen and oxygen atoms in total. The van der Waals surface area contributed by atoms with E-state index in [1.165, 1.54) is 6.20 Å². The van der Waals surface area contributed by atoms with Crippen molar-refractivity contribution in [1.29, 1.82) is 0 Å². The van der Waals surface area contributed by atoms with E-state index in [1.807, 2.05) is 25.1 Å². The lowest BCUT2D eigenvalue weighted by Gasteiger charge is -2.23. The molecule has 1 saturated carbocycles. The first-order valence-corrected chi connectivity index (χ1v) is 10.3. The maximum absolute atomic E-state index is 12.9. The zero-order chi connectivity index (χ0) is 20.8. The van der Waals surface area contributed by atoms with Crippen LogP contribution in [0, 0.1) is 5.92 Å². The molecule has 2 aromatic rings. The van der Waals surface area contributed by atoms with Crippen molar-refractivity contribution in [3.8, 4) is 0 Å². The predicted molar refractivity (Wildman–Crippen MR) is 110 cm³/mol. The maximum Gasteiger partial charge on any atom is 0.272 e. The lowest BCUT2D eigenvalue weighted by Crippen LogP contribution is -2.51. The van der Waals surface area contributed by atoms with Crippen molar-refractivity contribution in [2.24, 2.45) is 5.92 Å². The van der Waals surface area contributed by atoms with Gasteiger partial charge < -0.3 is 10.6 Å². The molecule has 7 heteroatoms. The summed E-state index contributed by atoms with van der Waals surface area (Å²) in [5.74, 6) is -0.686. The number of ketones is 1. The van der Waals surface area contributed by atoms with E-state index < -0.39 is 11.9 Å². The van der Waals surface area contributed by atoms with Crippen LogP contribution in [-0.2, 0) is 9.59 Å². The van der Waals surface area contributed by atoms with Gasteiger partial charge in [0.25, 0.3) is 5.91 Å². The molecule has 1 aliphatic rings. The highest BCUT2D eigenvalue weighted by Crippen LogP contribution is 2.26.